The van der Waals surface area contributed by atoms with Gasteiger partial charge < -0.3 is 15.7 Å². The number of anilines is 2. The summed E-state index contributed by atoms with van der Waals surface area (Å²) in [6.45, 7) is 5.46. The molecule has 1 unspecified atom stereocenters. The Hall–Kier alpha value is -2.45. The Morgan fingerprint density at radius 2 is 2.15 bits per heavy atom. The summed E-state index contributed by atoms with van der Waals surface area (Å²) in [5.41, 5.74) is 1.50. The molecule has 2 aromatic rings. The van der Waals surface area contributed by atoms with Gasteiger partial charge in [-0.15, -0.1) is 11.3 Å². The van der Waals surface area contributed by atoms with Crippen LogP contribution in [-0.4, -0.2) is 46.4 Å². The molecule has 1 aliphatic rings. The van der Waals surface area contributed by atoms with Crippen LogP contribution in [0.15, 0.2) is 24.3 Å². The molecule has 1 saturated heterocycles. The van der Waals surface area contributed by atoms with Gasteiger partial charge in [0.1, 0.15) is 5.75 Å². The van der Waals surface area contributed by atoms with Gasteiger partial charge in [0.25, 0.3) is 0 Å². The average Bonchev–Trinajstić information content (AvgIpc) is 2.92. The molecule has 3 rings (SSSR count). The van der Waals surface area contributed by atoms with E-state index in [-0.39, 0.29) is 30.0 Å². The molecule has 2 heterocycles. The first-order chi connectivity index (χ1) is 12.9. The highest BCUT2D eigenvalue weighted by Gasteiger charge is 2.27. The molecule has 2 amide bonds. The third-order valence-electron chi connectivity index (χ3n) is 4.63. The number of rotatable bonds is 5. The molecule has 27 heavy (non-hydrogen) atoms. The van der Waals surface area contributed by atoms with Gasteiger partial charge in [0.15, 0.2) is 5.13 Å². The van der Waals surface area contributed by atoms with Gasteiger partial charge in [0.2, 0.25) is 11.8 Å². The summed E-state index contributed by atoms with van der Waals surface area (Å²) in [5, 5.41) is 15.8. The van der Waals surface area contributed by atoms with Crippen LogP contribution < -0.4 is 10.6 Å². The molecule has 1 fully saturated rings. The number of aryl methyl sites for hydroxylation is 2. The zero-order chi connectivity index (χ0) is 19.4. The number of nitrogens with zero attached hydrogens (tertiary/aromatic N) is 2. The number of aromatic nitrogens is 1. The van der Waals surface area contributed by atoms with Gasteiger partial charge in [-0.05, 0) is 45.4 Å². The Balaban J connectivity index is 1.52. The maximum Gasteiger partial charge on any atom is 0.240 e. The van der Waals surface area contributed by atoms with E-state index in [0.29, 0.717) is 17.4 Å². The van der Waals surface area contributed by atoms with Crippen LogP contribution >= 0.6 is 11.3 Å². The fraction of sp³-hybridized carbons (Fsp3) is 0.421. The summed E-state index contributed by atoms with van der Waals surface area (Å²) in [6.07, 6.45) is 1.65. The van der Waals surface area contributed by atoms with Crippen LogP contribution in [0.5, 0.6) is 5.75 Å². The minimum absolute atomic E-state index is 0.0862. The van der Waals surface area contributed by atoms with Gasteiger partial charge in [-0.3, -0.25) is 14.5 Å². The average molecular weight is 388 g/mol. The summed E-state index contributed by atoms with van der Waals surface area (Å²) in [4.78, 5) is 32.2. The van der Waals surface area contributed by atoms with E-state index in [1.807, 2.05) is 18.7 Å². The number of benzene rings is 1. The van der Waals surface area contributed by atoms with Gasteiger partial charge in [0.05, 0.1) is 18.2 Å². The zero-order valence-corrected chi connectivity index (χ0v) is 16.3. The van der Waals surface area contributed by atoms with E-state index in [9.17, 15) is 14.7 Å². The molecule has 3 N–H and O–H groups in total. The second kappa shape index (κ2) is 8.49. The summed E-state index contributed by atoms with van der Waals surface area (Å²) in [6, 6.07) is 6.50. The molecule has 8 heteroatoms. The van der Waals surface area contributed by atoms with Gasteiger partial charge in [0, 0.05) is 23.2 Å². The number of nitrogens with one attached hydrogen (secondary N) is 2. The number of phenolic OH excluding ortho intramolecular Hbond substituents is 1. The van der Waals surface area contributed by atoms with Crippen LogP contribution in [0.1, 0.15) is 23.4 Å². The second-order valence-electron chi connectivity index (χ2n) is 6.82. The molecular weight excluding hydrogens is 364 g/mol. The lowest BCUT2D eigenvalue weighted by Gasteiger charge is -2.31. The van der Waals surface area contributed by atoms with Crippen molar-refractivity contribution in [1.29, 1.82) is 0 Å². The third kappa shape index (κ3) is 5.27. The van der Waals surface area contributed by atoms with E-state index in [0.717, 1.165) is 30.0 Å². The minimum Gasteiger partial charge on any atom is -0.508 e. The first kappa shape index (κ1) is 19.3. The molecule has 0 bridgehead atoms. The molecule has 0 saturated carbocycles. The van der Waals surface area contributed by atoms with Crippen LogP contribution in [0.3, 0.4) is 0 Å². The third-order valence-corrected chi connectivity index (χ3v) is 5.62. The van der Waals surface area contributed by atoms with Crippen LogP contribution in [0.25, 0.3) is 0 Å². The highest BCUT2D eigenvalue weighted by Crippen LogP contribution is 2.22. The van der Waals surface area contributed by atoms with Crippen molar-refractivity contribution in [2.24, 2.45) is 5.92 Å². The number of phenols is 1. The molecule has 0 spiro atoms. The molecule has 0 aliphatic carbocycles. The number of carbonyl (C=O) groups is 2. The maximum atomic E-state index is 12.5. The minimum atomic E-state index is -0.182. The van der Waals surface area contributed by atoms with Crippen LogP contribution in [0.2, 0.25) is 0 Å². The number of amides is 2. The van der Waals surface area contributed by atoms with Crippen molar-refractivity contribution in [2.45, 2.75) is 26.7 Å². The second-order valence-corrected chi connectivity index (χ2v) is 8.03. The van der Waals surface area contributed by atoms with Crippen molar-refractivity contribution < 1.29 is 14.7 Å². The first-order valence-corrected chi connectivity index (χ1v) is 9.78. The Labute approximate surface area is 162 Å². The Morgan fingerprint density at radius 1 is 1.33 bits per heavy atom. The van der Waals surface area contributed by atoms with Crippen LogP contribution in [0.4, 0.5) is 10.8 Å². The summed E-state index contributed by atoms with van der Waals surface area (Å²) in [5.74, 6) is -0.268. The quantitative estimate of drug-likeness (QED) is 0.732. The number of piperidine rings is 1. The molecular formula is C19H24N4O3S. The van der Waals surface area contributed by atoms with E-state index in [4.69, 9.17) is 0 Å². The van der Waals surface area contributed by atoms with Gasteiger partial charge >= 0.3 is 0 Å². The standard InChI is InChI=1S/C19H24N4O3S/c1-12-13(2)27-19(20-12)22-17(25)11-23-8-4-5-14(10-23)18(26)21-15-6-3-7-16(24)9-15/h3,6-7,9,14,24H,4-5,8,10-11H2,1-2H3,(H,21,26)(H,20,22,25). The molecule has 7 nitrogen and oxygen atoms in total. The zero-order valence-electron chi connectivity index (χ0n) is 15.5. The lowest BCUT2D eigenvalue weighted by molar-refractivity contribution is -0.123. The Morgan fingerprint density at radius 3 is 2.85 bits per heavy atom. The lowest BCUT2D eigenvalue weighted by Crippen LogP contribution is -2.43. The van der Waals surface area contributed by atoms with E-state index in [2.05, 4.69) is 15.6 Å². The Bertz CT molecular complexity index is 817. The normalized spacial score (nSPS) is 17.5. The highest BCUT2D eigenvalue weighted by atomic mass is 32.1. The van der Waals surface area contributed by atoms with Crippen molar-refractivity contribution in [1.82, 2.24) is 9.88 Å². The predicted molar refractivity (Wildman–Crippen MR) is 106 cm³/mol. The molecule has 144 valence electrons. The number of hydrogen-bond donors (Lipinski definition) is 3. The van der Waals surface area contributed by atoms with Crippen LogP contribution in [0, 0.1) is 19.8 Å². The van der Waals surface area contributed by atoms with Crippen molar-refractivity contribution >= 4 is 34.0 Å². The summed E-state index contributed by atoms with van der Waals surface area (Å²) >= 11 is 1.47. The molecule has 1 aliphatic heterocycles. The van der Waals surface area contributed by atoms with Crippen molar-refractivity contribution in [3.05, 3.63) is 34.8 Å². The van der Waals surface area contributed by atoms with Gasteiger partial charge in [-0.1, -0.05) is 6.07 Å². The number of carbonyl (C=O) groups excluding carboxylic acids is 2. The van der Waals surface area contributed by atoms with Crippen molar-refractivity contribution in [3.8, 4) is 5.75 Å². The molecule has 1 atom stereocenters. The number of hydrogen-bond acceptors (Lipinski definition) is 6. The number of thiazole rings is 1. The van der Waals surface area contributed by atoms with Crippen molar-refractivity contribution in [3.63, 3.8) is 0 Å². The van der Waals surface area contributed by atoms with E-state index in [1.54, 1.807) is 18.2 Å². The fourth-order valence-electron chi connectivity index (χ4n) is 3.13. The highest BCUT2D eigenvalue weighted by molar-refractivity contribution is 7.15. The van der Waals surface area contributed by atoms with Crippen LogP contribution in [-0.2, 0) is 9.59 Å². The monoisotopic (exact) mass is 388 g/mol. The number of aromatic hydroxyl groups is 1. The fourth-order valence-corrected chi connectivity index (χ4v) is 3.96. The largest absolute Gasteiger partial charge is 0.508 e. The summed E-state index contributed by atoms with van der Waals surface area (Å²) in [7, 11) is 0. The lowest BCUT2D eigenvalue weighted by atomic mass is 9.97. The predicted octanol–water partition coefficient (Wildman–Crippen LogP) is 2.75. The Kier molecular flexibility index (Phi) is 6.08. The molecule has 1 aromatic carbocycles. The van der Waals surface area contributed by atoms with E-state index < -0.39 is 0 Å². The topological polar surface area (TPSA) is 94.6 Å². The van der Waals surface area contributed by atoms with E-state index in [1.165, 1.54) is 17.4 Å². The smallest absolute Gasteiger partial charge is 0.240 e. The van der Waals surface area contributed by atoms with Crippen molar-refractivity contribution in [2.75, 3.05) is 30.3 Å². The molecule has 1 aromatic heterocycles. The first-order valence-electron chi connectivity index (χ1n) is 8.97. The summed E-state index contributed by atoms with van der Waals surface area (Å²) < 4.78 is 0. The van der Waals surface area contributed by atoms with Gasteiger partial charge in [-0.2, -0.15) is 0 Å². The van der Waals surface area contributed by atoms with E-state index >= 15 is 0 Å². The number of likely N-dealkylation sites (tertiary alicyclic amines) is 1. The molecule has 0 radical (unpaired) electrons. The maximum absolute atomic E-state index is 12.5. The van der Waals surface area contributed by atoms with Gasteiger partial charge in [-0.25, -0.2) is 4.98 Å². The SMILES string of the molecule is Cc1nc(NC(=O)CN2CCCC(C(=O)Nc3cccc(O)c3)C2)sc1C.